The maximum absolute atomic E-state index is 12.0. The number of aryl methyl sites for hydroxylation is 2. The number of carbonyl (C=O) groups is 1. The Balaban J connectivity index is 1.84. The predicted octanol–water partition coefficient (Wildman–Crippen LogP) is 2.69. The second-order valence-electron chi connectivity index (χ2n) is 5.91. The molecule has 0 bridgehead atoms. The zero-order valence-electron chi connectivity index (χ0n) is 14.1. The Morgan fingerprint density at radius 3 is 2.52 bits per heavy atom. The summed E-state index contributed by atoms with van der Waals surface area (Å²) in [5.41, 5.74) is 2.23. The molecule has 0 aliphatic heterocycles. The van der Waals surface area contributed by atoms with Gasteiger partial charge in [0.05, 0.1) is 12.3 Å². The lowest BCUT2D eigenvalue weighted by Crippen LogP contribution is -2.36. The molecule has 5 heteroatoms. The van der Waals surface area contributed by atoms with Crippen molar-refractivity contribution in [2.24, 2.45) is 0 Å². The molecule has 0 unspecified atom stereocenters. The van der Waals surface area contributed by atoms with Crippen molar-refractivity contribution in [3.8, 4) is 5.75 Å². The van der Waals surface area contributed by atoms with E-state index in [0.717, 1.165) is 16.9 Å². The molecule has 0 saturated carbocycles. The van der Waals surface area contributed by atoms with Crippen LogP contribution in [0.15, 0.2) is 41.0 Å². The molecule has 1 aromatic heterocycles. The molecule has 0 radical (unpaired) electrons. The smallest absolute Gasteiger partial charge is 0.258 e. The van der Waals surface area contributed by atoms with E-state index in [9.17, 15) is 4.79 Å². The minimum Gasteiger partial charge on any atom is -0.484 e. The van der Waals surface area contributed by atoms with Crippen molar-refractivity contribution in [2.75, 3.05) is 27.2 Å². The van der Waals surface area contributed by atoms with Gasteiger partial charge in [-0.3, -0.25) is 9.69 Å². The van der Waals surface area contributed by atoms with Crippen LogP contribution in [0.5, 0.6) is 5.75 Å². The lowest BCUT2D eigenvalue weighted by molar-refractivity contribution is -0.123. The second kappa shape index (κ2) is 7.83. The standard InChI is InChI=1S/C18H24N2O3/c1-13-8-14(2)10-15(9-13)23-12-18(21)19-11-16(20(3)4)17-6-5-7-22-17/h5-10,16H,11-12H2,1-4H3,(H,19,21)/t16-/m0/s1. The number of amides is 1. The summed E-state index contributed by atoms with van der Waals surface area (Å²) in [6, 6.07) is 9.66. The number of hydrogen-bond acceptors (Lipinski definition) is 4. The normalized spacial score (nSPS) is 12.2. The Morgan fingerprint density at radius 2 is 1.96 bits per heavy atom. The van der Waals surface area contributed by atoms with Gasteiger partial charge < -0.3 is 14.5 Å². The molecule has 124 valence electrons. The molecule has 0 saturated heterocycles. The number of likely N-dealkylation sites (N-methyl/N-ethyl adjacent to an activating group) is 1. The number of hydrogen-bond donors (Lipinski definition) is 1. The third kappa shape index (κ3) is 5.14. The van der Waals surface area contributed by atoms with Crippen molar-refractivity contribution in [2.45, 2.75) is 19.9 Å². The largest absolute Gasteiger partial charge is 0.484 e. The van der Waals surface area contributed by atoms with Gasteiger partial charge in [0.25, 0.3) is 5.91 Å². The average Bonchev–Trinajstić information content (AvgIpc) is 2.98. The van der Waals surface area contributed by atoms with Crippen molar-refractivity contribution in [1.29, 1.82) is 0 Å². The number of furan rings is 1. The van der Waals surface area contributed by atoms with Gasteiger partial charge in [0, 0.05) is 6.54 Å². The van der Waals surface area contributed by atoms with Crippen LogP contribution in [0, 0.1) is 13.8 Å². The van der Waals surface area contributed by atoms with Crippen molar-refractivity contribution in [3.05, 3.63) is 53.5 Å². The van der Waals surface area contributed by atoms with Gasteiger partial charge in [-0.1, -0.05) is 6.07 Å². The van der Waals surface area contributed by atoms with Crippen LogP contribution in [0.3, 0.4) is 0 Å². The van der Waals surface area contributed by atoms with E-state index in [0.29, 0.717) is 12.3 Å². The van der Waals surface area contributed by atoms with Gasteiger partial charge in [-0.15, -0.1) is 0 Å². The van der Waals surface area contributed by atoms with Crippen LogP contribution in [0.2, 0.25) is 0 Å². The fourth-order valence-electron chi connectivity index (χ4n) is 2.45. The van der Waals surface area contributed by atoms with E-state index in [1.807, 2.05) is 57.1 Å². The monoisotopic (exact) mass is 316 g/mol. The summed E-state index contributed by atoms with van der Waals surface area (Å²) in [6.45, 7) is 4.48. The highest BCUT2D eigenvalue weighted by Gasteiger charge is 2.17. The van der Waals surface area contributed by atoms with Crippen molar-refractivity contribution in [3.63, 3.8) is 0 Å². The maximum Gasteiger partial charge on any atom is 0.258 e. The highest BCUT2D eigenvalue weighted by Crippen LogP contribution is 2.18. The van der Waals surface area contributed by atoms with Crippen LogP contribution in [0.25, 0.3) is 0 Å². The fourth-order valence-corrected chi connectivity index (χ4v) is 2.45. The van der Waals surface area contributed by atoms with E-state index in [-0.39, 0.29) is 18.6 Å². The summed E-state index contributed by atoms with van der Waals surface area (Å²) in [5, 5.41) is 2.89. The summed E-state index contributed by atoms with van der Waals surface area (Å²) in [4.78, 5) is 14.0. The first-order valence-corrected chi connectivity index (χ1v) is 7.63. The molecule has 1 amide bonds. The van der Waals surface area contributed by atoms with Gasteiger partial charge in [-0.05, 0) is 63.3 Å². The van der Waals surface area contributed by atoms with E-state index in [2.05, 4.69) is 11.4 Å². The van der Waals surface area contributed by atoms with Crippen LogP contribution in [-0.4, -0.2) is 38.1 Å². The van der Waals surface area contributed by atoms with Crippen molar-refractivity contribution >= 4 is 5.91 Å². The van der Waals surface area contributed by atoms with E-state index in [1.165, 1.54) is 0 Å². The SMILES string of the molecule is Cc1cc(C)cc(OCC(=O)NC[C@@H](c2ccco2)N(C)C)c1. The third-order valence-corrected chi connectivity index (χ3v) is 3.55. The molecule has 1 heterocycles. The zero-order valence-corrected chi connectivity index (χ0v) is 14.1. The fraction of sp³-hybridized carbons (Fsp3) is 0.389. The number of rotatable bonds is 7. The van der Waals surface area contributed by atoms with Gasteiger partial charge in [0.2, 0.25) is 0 Å². The lowest BCUT2D eigenvalue weighted by Gasteiger charge is -2.22. The molecule has 0 fully saturated rings. The molecule has 1 aromatic carbocycles. The van der Waals surface area contributed by atoms with Crippen LogP contribution in [0.4, 0.5) is 0 Å². The minimum absolute atomic E-state index is 0.00119. The Labute approximate surface area is 137 Å². The molecule has 0 aliphatic carbocycles. The first-order valence-electron chi connectivity index (χ1n) is 7.63. The summed E-state index contributed by atoms with van der Waals surface area (Å²) in [5.74, 6) is 1.39. The second-order valence-corrected chi connectivity index (χ2v) is 5.91. The number of carbonyl (C=O) groups excluding carboxylic acids is 1. The molecule has 23 heavy (non-hydrogen) atoms. The molecule has 1 N–H and O–H groups in total. The lowest BCUT2D eigenvalue weighted by atomic mass is 10.1. The number of ether oxygens (including phenoxy) is 1. The summed E-state index contributed by atoms with van der Waals surface area (Å²) in [6.07, 6.45) is 1.64. The van der Waals surface area contributed by atoms with Crippen molar-refractivity contribution < 1.29 is 13.9 Å². The molecule has 5 nitrogen and oxygen atoms in total. The van der Waals surface area contributed by atoms with E-state index >= 15 is 0 Å². The van der Waals surface area contributed by atoms with E-state index in [4.69, 9.17) is 9.15 Å². The average molecular weight is 316 g/mol. The third-order valence-electron chi connectivity index (χ3n) is 3.55. The Hall–Kier alpha value is -2.27. The molecule has 1 atom stereocenters. The van der Waals surface area contributed by atoms with Crippen LogP contribution < -0.4 is 10.1 Å². The summed E-state index contributed by atoms with van der Waals surface area (Å²) in [7, 11) is 3.90. The van der Waals surface area contributed by atoms with Gasteiger partial charge in [0.15, 0.2) is 6.61 Å². The Kier molecular flexibility index (Phi) is 5.82. The quantitative estimate of drug-likeness (QED) is 0.853. The zero-order chi connectivity index (χ0) is 16.8. The molecule has 2 aromatic rings. The maximum atomic E-state index is 12.0. The Morgan fingerprint density at radius 1 is 1.26 bits per heavy atom. The molecular weight excluding hydrogens is 292 g/mol. The number of benzene rings is 1. The number of nitrogens with one attached hydrogen (secondary N) is 1. The molecule has 0 spiro atoms. The van der Waals surface area contributed by atoms with Crippen molar-refractivity contribution in [1.82, 2.24) is 10.2 Å². The van der Waals surface area contributed by atoms with Gasteiger partial charge in [-0.2, -0.15) is 0 Å². The molecule has 0 aliphatic rings. The first-order chi connectivity index (χ1) is 11.0. The first kappa shape index (κ1) is 17.1. The topological polar surface area (TPSA) is 54.7 Å². The summed E-state index contributed by atoms with van der Waals surface area (Å²) >= 11 is 0. The summed E-state index contributed by atoms with van der Waals surface area (Å²) < 4.78 is 11.0. The Bertz CT molecular complexity index is 615. The van der Waals surface area contributed by atoms with Gasteiger partial charge in [-0.25, -0.2) is 0 Å². The highest BCUT2D eigenvalue weighted by molar-refractivity contribution is 5.77. The highest BCUT2D eigenvalue weighted by atomic mass is 16.5. The van der Waals surface area contributed by atoms with E-state index < -0.39 is 0 Å². The molecule has 2 rings (SSSR count). The minimum atomic E-state index is -0.150. The van der Waals surface area contributed by atoms with Gasteiger partial charge >= 0.3 is 0 Å². The van der Waals surface area contributed by atoms with Gasteiger partial charge in [0.1, 0.15) is 11.5 Å². The number of nitrogens with zero attached hydrogens (tertiary/aromatic N) is 1. The van der Waals surface area contributed by atoms with E-state index in [1.54, 1.807) is 6.26 Å². The van der Waals surface area contributed by atoms with Crippen LogP contribution >= 0.6 is 0 Å². The van der Waals surface area contributed by atoms with Crippen LogP contribution in [-0.2, 0) is 4.79 Å². The molecular formula is C18H24N2O3. The van der Waals surface area contributed by atoms with Crippen LogP contribution in [0.1, 0.15) is 22.9 Å². The predicted molar refractivity (Wildman–Crippen MR) is 89.6 cm³/mol.